The molecule has 0 atom stereocenters. The molecular formula is C13H16FNO2. The van der Waals surface area contributed by atoms with Gasteiger partial charge in [-0.05, 0) is 37.8 Å². The Bertz CT molecular complexity index is 436. The van der Waals surface area contributed by atoms with Gasteiger partial charge in [-0.15, -0.1) is 0 Å². The van der Waals surface area contributed by atoms with Crippen LogP contribution in [0.3, 0.4) is 0 Å². The fraction of sp³-hybridized carbons (Fsp3) is 0.462. The minimum atomic E-state index is -0.687. The number of hydrogen-bond donors (Lipinski definition) is 2. The number of phenolic OH excluding ortho intramolecular Hbond substituents is 1. The summed E-state index contributed by atoms with van der Waals surface area (Å²) in [5, 5.41) is 12.0. The summed E-state index contributed by atoms with van der Waals surface area (Å²) in [7, 11) is 0. The predicted molar refractivity (Wildman–Crippen MR) is 62.4 cm³/mol. The standard InChI is InChI=1S/C13H16FNO2/c1-2-13(6-3-7-13)15-12(17)10-5-4-9(16)8-11(10)14/h4-5,8,16H,2-3,6-7H2,1H3,(H,15,17). The average molecular weight is 237 g/mol. The highest BCUT2D eigenvalue weighted by Gasteiger charge is 2.36. The molecule has 0 radical (unpaired) electrons. The number of rotatable bonds is 3. The molecule has 0 unspecified atom stereocenters. The average Bonchev–Trinajstić information content (AvgIpc) is 2.23. The number of hydrogen-bond acceptors (Lipinski definition) is 2. The molecule has 17 heavy (non-hydrogen) atoms. The van der Waals surface area contributed by atoms with E-state index in [0.29, 0.717) is 0 Å². The second kappa shape index (κ2) is 4.35. The van der Waals surface area contributed by atoms with Crippen molar-refractivity contribution in [3.63, 3.8) is 0 Å². The first-order valence-corrected chi connectivity index (χ1v) is 5.87. The van der Waals surface area contributed by atoms with Crippen molar-refractivity contribution in [1.82, 2.24) is 5.32 Å². The lowest BCUT2D eigenvalue weighted by atomic mass is 9.74. The van der Waals surface area contributed by atoms with Gasteiger partial charge in [0.1, 0.15) is 11.6 Å². The van der Waals surface area contributed by atoms with Crippen molar-refractivity contribution in [3.8, 4) is 5.75 Å². The Hall–Kier alpha value is -1.58. The molecule has 4 heteroatoms. The van der Waals surface area contributed by atoms with E-state index in [9.17, 15) is 9.18 Å². The topological polar surface area (TPSA) is 49.3 Å². The monoisotopic (exact) mass is 237 g/mol. The third-order valence-corrected chi connectivity index (χ3v) is 3.56. The molecule has 1 fully saturated rings. The molecular weight excluding hydrogens is 221 g/mol. The molecule has 1 aromatic rings. The molecule has 0 aromatic heterocycles. The number of amides is 1. The minimum absolute atomic E-state index is 0.0116. The van der Waals surface area contributed by atoms with Crippen molar-refractivity contribution in [2.75, 3.05) is 0 Å². The van der Waals surface area contributed by atoms with Crippen LogP contribution in [0.4, 0.5) is 4.39 Å². The summed E-state index contributed by atoms with van der Waals surface area (Å²) in [6, 6.07) is 3.58. The number of phenols is 1. The summed E-state index contributed by atoms with van der Waals surface area (Å²) in [6.45, 7) is 2.02. The van der Waals surface area contributed by atoms with Gasteiger partial charge in [-0.25, -0.2) is 4.39 Å². The Balaban J connectivity index is 2.14. The highest BCUT2D eigenvalue weighted by Crippen LogP contribution is 2.35. The van der Waals surface area contributed by atoms with Crippen molar-refractivity contribution in [2.24, 2.45) is 0 Å². The smallest absolute Gasteiger partial charge is 0.254 e. The van der Waals surface area contributed by atoms with Crippen LogP contribution in [-0.4, -0.2) is 16.6 Å². The lowest BCUT2D eigenvalue weighted by molar-refractivity contribution is 0.0816. The zero-order valence-electron chi connectivity index (χ0n) is 9.79. The van der Waals surface area contributed by atoms with E-state index in [2.05, 4.69) is 5.32 Å². The van der Waals surface area contributed by atoms with Crippen LogP contribution < -0.4 is 5.32 Å². The van der Waals surface area contributed by atoms with Crippen LogP contribution in [0.5, 0.6) is 5.75 Å². The van der Waals surface area contributed by atoms with Crippen LogP contribution in [-0.2, 0) is 0 Å². The van der Waals surface area contributed by atoms with Gasteiger partial charge < -0.3 is 10.4 Å². The van der Waals surface area contributed by atoms with Crippen molar-refractivity contribution in [1.29, 1.82) is 0 Å². The van der Waals surface area contributed by atoms with Crippen LogP contribution in [0.2, 0.25) is 0 Å². The molecule has 0 spiro atoms. The molecule has 1 saturated carbocycles. The van der Waals surface area contributed by atoms with Crippen molar-refractivity contribution < 1.29 is 14.3 Å². The normalized spacial score (nSPS) is 17.3. The van der Waals surface area contributed by atoms with Crippen molar-refractivity contribution >= 4 is 5.91 Å². The quantitative estimate of drug-likeness (QED) is 0.849. The van der Waals surface area contributed by atoms with Crippen molar-refractivity contribution in [3.05, 3.63) is 29.6 Å². The number of carbonyl (C=O) groups excluding carboxylic acids is 1. The summed E-state index contributed by atoms with van der Waals surface area (Å²) >= 11 is 0. The van der Waals surface area contributed by atoms with E-state index < -0.39 is 11.7 Å². The maximum atomic E-state index is 13.5. The molecule has 1 aliphatic carbocycles. The van der Waals surface area contributed by atoms with Gasteiger partial charge in [-0.1, -0.05) is 6.92 Å². The number of benzene rings is 1. The molecule has 0 bridgehead atoms. The Morgan fingerprint density at radius 3 is 2.71 bits per heavy atom. The van der Waals surface area contributed by atoms with E-state index in [-0.39, 0.29) is 16.9 Å². The highest BCUT2D eigenvalue weighted by atomic mass is 19.1. The van der Waals surface area contributed by atoms with Gasteiger partial charge >= 0.3 is 0 Å². The van der Waals surface area contributed by atoms with E-state index >= 15 is 0 Å². The van der Waals surface area contributed by atoms with Gasteiger partial charge in [0.2, 0.25) is 0 Å². The maximum absolute atomic E-state index is 13.5. The Kier molecular flexibility index (Phi) is 3.05. The molecule has 2 N–H and O–H groups in total. The first kappa shape index (κ1) is 11.9. The third-order valence-electron chi connectivity index (χ3n) is 3.56. The Labute approximate surface area is 99.7 Å². The van der Waals surface area contributed by atoms with Crippen LogP contribution in [0.25, 0.3) is 0 Å². The zero-order chi connectivity index (χ0) is 12.5. The molecule has 0 heterocycles. The fourth-order valence-corrected chi connectivity index (χ4v) is 2.17. The second-order valence-corrected chi connectivity index (χ2v) is 4.61. The minimum Gasteiger partial charge on any atom is -0.508 e. The van der Waals surface area contributed by atoms with E-state index in [1.807, 2.05) is 6.92 Å². The molecule has 1 amide bonds. The maximum Gasteiger partial charge on any atom is 0.254 e. The lowest BCUT2D eigenvalue weighted by Gasteiger charge is -2.42. The highest BCUT2D eigenvalue weighted by molar-refractivity contribution is 5.95. The van der Waals surface area contributed by atoms with E-state index in [1.165, 1.54) is 12.1 Å². The van der Waals surface area contributed by atoms with E-state index in [1.54, 1.807) is 0 Å². The van der Waals surface area contributed by atoms with E-state index in [0.717, 1.165) is 31.7 Å². The van der Waals surface area contributed by atoms with Crippen LogP contribution >= 0.6 is 0 Å². The fourth-order valence-electron chi connectivity index (χ4n) is 2.17. The van der Waals surface area contributed by atoms with Gasteiger partial charge in [0.15, 0.2) is 0 Å². The summed E-state index contributed by atoms with van der Waals surface area (Å²) in [5.74, 6) is -1.26. The molecule has 3 nitrogen and oxygen atoms in total. The van der Waals surface area contributed by atoms with Gasteiger partial charge in [-0.2, -0.15) is 0 Å². The Morgan fingerprint density at radius 1 is 1.53 bits per heavy atom. The van der Waals surface area contributed by atoms with Gasteiger partial charge in [0, 0.05) is 11.6 Å². The lowest BCUT2D eigenvalue weighted by Crippen LogP contribution is -2.53. The summed E-state index contributed by atoms with van der Waals surface area (Å²) in [6.07, 6.45) is 3.87. The van der Waals surface area contributed by atoms with Gasteiger partial charge in [0.25, 0.3) is 5.91 Å². The largest absolute Gasteiger partial charge is 0.508 e. The molecule has 2 rings (SSSR count). The summed E-state index contributed by atoms with van der Waals surface area (Å²) in [4.78, 5) is 11.9. The molecule has 92 valence electrons. The van der Waals surface area contributed by atoms with Crippen LogP contribution in [0.15, 0.2) is 18.2 Å². The number of halogens is 1. The van der Waals surface area contributed by atoms with Crippen LogP contribution in [0, 0.1) is 5.82 Å². The number of nitrogens with one attached hydrogen (secondary N) is 1. The first-order chi connectivity index (χ1) is 8.06. The summed E-state index contributed by atoms with van der Waals surface area (Å²) < 4.78 is 13.5. The number of carbonyl (C=O) groups is 1. The van der Waals surface area contributed by atoms with E-state index in [4.69, 9.17) is 5.11 Å². The van der Waals surface area contributed by atoms with Gasteiger partial charge in [-0.3, -0.25) is 4.79 Å². The Morgan fingerprint density at radius 2 is 2.24 bits per heavy atom. The predicted octanol–water partition coefficient (Wildman–Crippen LogP) is 2.59. The van der Waals surface area contributed by atoms with Gasteiger partial charge in [0.05, 0.1) is 5.56 Å². The van der Waals surface area contributed by atoms with Crippen LogP contribution in [0.1, 0.15) is 43.0 Å². The SMILES string of the molecule is CCC1(NC(=O)c2ccc(O)cc2F)CCC1. The van der Waals surface area contributed by atoms with Crippen molar-refractivity contribution in [2.45, 2.75) is 38.1 Å². The number of aromatic hydroxyl groups is 1. The molecule has 0 saturated heterocycles. The third kappa shape index (κ3) is 2.25. The first-order valence-electron chi connectivity index (χ1n) is 5.87. The summed E-state index contributed by atoms with van der Waals surface area (Å²) in [5.41, 5.74) is -0.163. The second-order valence-electron chi connectivity index (χ2n) is 4.61. The molecule has 1 aromatic carbocycles. The zero-order valence-corrected chi connectivity index (χ0v) is 9.79. The molecule has 1 aliphatic rings. The molecule has 0 aliphatic heterocycles.